The lowest BCUT2D eigenvalue weighted by atomic mass is 9.77. The number of benzene rings is 1. The van der Waals surface area contributed by atoms with Gasteiger partial charge in [-0.1, -0.05) is 19.4 Å². The Labute approximate surface area is 112 Å². The van der Waals surface area contributed by atoms with E-state index in [-0.39, 0.29) is 6.04 Å². The number of nitrogens with two attached hydrogens (primary N) is 1. The van der Waals surface area contributed by atoms with Crippen LogP contribution in [0.1, 0.15) is 44.2 Å². The molecule has 0 spiro atoms. The van der Waals surface area contributed by atoms with Crippen molar-refractivity contribution in [1.29, 1.82) is 0 Å². The Balaban J connectivity index is 2.06. The number of rotatable bonds is 5. The fraction of sp³-hybridized carbons (Fsp3) is 0.571. The van der Waals surface area contributed by atoms with E-state index < -0.39 is 0 Å². The molecule has 2 rings (SSSR count). The minimum Gasteiger partial charge on any atom is -0.492 e. The van der Waals surface area contributed by atoms with Gasteiger partial charge in [0.1, 0.15) is 5.75 Å². The first-order chi connectivity index (χ1) is 8.22. The summed E-state index contributed by atoms with van der Waals surface area (Å²) in [7, 11) is 0. The fourth-order valence-electron chi connectivity index (χ4n) is 2.12. The first-order valence-corrected chi connectivity index (χ1v) is 7.19. The van der Waals surface area contributed by atoms with E-state index in [2.05, 4.69) is 35.0 Å². The van der Waals surface area contributed by atoms with Crippen LogP contribution in [0.25, 0.3) is 0 Å². The molecule has 17 heavy (non-hydrogen) atoms. The lowest BCUT2D eigenvalue weighted by Gasteiger charge is -2.31. The van der Waals surface area contributed by atoms with Crippen LogP contribution >= 0.6 is 15.9 Å². The molecule has 1 aromatic carbocycles. The maximum Gasteiger partial charge on any atom is 0.133 e. The van der Waals surface area contributed by atoms with Gasteiger partial charge in [-0.3, -0.25) is 0 Å². The van der Waals surface area contributed by atoms with Crippen molar-refractivity contribution in [3.05, 3.63) is 28.2 Å². The van der Waals surface area contributed by atoms with Crippen LogP contribution < -0.4 is 10.5 Å². The highest BCUT2D eigenvalue weighted by molar-refractivity contribution is 9.10. The zero-order chi connectivity index (χ0) is 12.3. The second-order valence-electron chi connectivity index (χ2n) is 4.76. The molecule has 0 radical (unpaired) electrons. The molecule has 1 fully saturated rings. The smallest absolute Gasteiger partial charge is 0.133 e. The van der Waals surface area contributed by atoms with Crippen molar-refractivity contribution in [3.8, 4) is 5.75 Å². The number of halogens is 1. The van der Waals surface area contributed by atoms with E-state index in [9.17, 15) is 0 Å². The maximum absolute atomic E-state index is 6.26. The molecule has 3 heteroatoms. The highest BCUT2D eigenvalue weighted by Gasteiger charge is 2.25. The summed E-state index contributed by atoms with van der Waals surface area (Å²) in [5, 5.41) is 0. The lowest BCUT2D eigenvalue weighted by molar-refractivity contribution is 0.264. The van der Waals surface area contributed by atoms with Crippen LogP contribution in [0.2, 0.25) is 0 Å². The molecule has 1 unspecified atom stereocenters. The molecule has 0 heterocycles. The molecule has 0 aliphatic heterocycles. The van der Waals surface area contributed by atoms with Gasteiger partial charge < -0.3 is 10.5 Å². The number of ether oxygens (including phenoxy) is 1. The summed E-state index contributed by atoms with van der Waals surface area (Å²) in [5.41, 5.74) is 7.47. The molecule has 1 aromatic rings. The van der Waals surface area contributed by atoms with Gasteiger partial charge in [-0.2, -0.15) is 0 Å². The standard InChI is InChI=1S/C14H20BrNO/c1-2-8-17-13-7-6-11(9-12(13)15)14(16)10-4-3-5-10/h6-7,9-10,14H,2-5,8,16H2,1H3. The molecule has 1 aliphatic rings. The Bertz CT molecular complexity index is 376. The summed E-state index contributed by atoms with van der Waals surface area (Å²) in [4.78, 5) is 0. The van der Waals surface area contributed by atoms with Crippen molar-refractivity contribution in [1.82, 2.24) is 0 Å². The van der Waals surface area contributed by atoms with Gasteiger partial charge in [-0.05, 0) is 58.8 Å². The van der Waals surface area contributed by atoms with E-state index in [1.54, 1.807) is 0 Å². The Morgan fingerprint density at radius 3 is 2.76 bits per heavy atom. The second kappa shape index (κ2) is 5.87. The fourth-order valence-corrected chi connectivity index (χ4v) is 2.64. The number of hydrogen-bond acceptors (Lipinski definition) is 2. The third-order valence-electron chi connectivity index (χ3n) is 3.46. The van der Waals surface area contributed by atoms with Crippen LogP contribution in [0.15, 0.2) is 22.7 Å². The lowest BCUT2D eigenvalue weighted by Crippen LogP contribution is -2.26. The molecule has 2 N–H and O–H groups in total. The average molecular weight is 298 g/mol. The van der Waals surface area contributed by atoms with Crippen LogP contribution in [0.3, 0.4) is 0 Å². The molecule has 1 saturated carbocycles. The van der Waals surface area contributed by atoms with Crippen LogP contribution in [0, 0.1) is 5.92 Å². The second-order valence-corrected chi connectivity index (χ2v) is 5.61. The number of hydrogen-bond donors (Lipinski definition) is 1. The highest BCUT2D eigenvalue weighted by atomic mass is 79.9. The van der Waals surface area contributed by atoms with Crippen molar-refractivity contribution in [2.45, 2.75) is 38.6 Å². The quantitative estimate of drug-likeness (QED) is 0.890. The average Bonchev–Trinajstić information content (AvgIpc) is 2.25. The third-order valence-corrected chi connectivity index (χ3v) is 4.08. The molecule has 1 atom stereocenters. The summed E-state index contributed by atoms with van der Waals surface area (Å²) in [5.74, 6) is 1.58. The molecule has 1 aliphatic carbocycles. The predicted octanol–water partition coefficient (Wildman–Crippen LogP) is 4.04. The minimum atomic E-state index is 0.181. The molecule has 94 valence electrons. The Morgan fingerprint density at radius 1 is 1.47 bits per heavy atom. The monoisotopic (exact) mass is 297 g/mol. The molecular formula is C14H20BrNO. The van der Waals surface area contributed by atoms with Crippen LogP contribution in [0.5, 0.6) is 5.75 Å². The van der Waals surface area contributed by atoms with E-state index in [1.165, 1.54) is 24.8 Å². The largest absolute Gasteiger partial charge is 0.492 e. The van der Waals surface area contributed by atoms with Crippen molar-refractivity contribution >= 4 is 15.9 Å². The van der Waals surface area contributed by atoms with Gasteiger partial charge in [0.15, 0.2) is 0 Å². The van der Waals surface area contributed by atoms with Crippen LogP contribution in [-0.2, 0) is 0 Å². The van der Waals surface area contributed by atoms with Gasteiger partial charge in [-0.15, -0.1) is 0 Å². The summed E-state index contributed by atoms with van der Waals surface area (Å²) in [6.45, 7) is 2.86. The topological polar surface area (TPSA) is 35.2 Å². The van der Waals surface area contributed by atoms with Gasteiger partial charge in [0.2, 0.25) is 0 Å². The van der Waals surface area contributed by atoms with Gasteiger partial charge in [0.25, 0.3) is 0 Å². The summed E-state index contributed by atoms with van der Waals surface area (Å²) >= 11 is 3.55. The minimum absolute atomic E-state index is 0.181. The summed E-state index contributed by atoms with van der Waals surface area (Å²) < 4.78 is 6.65. The predicted molar refractivity (Wildman–Crippen MR) is 74.2 cm³/mol. The van der Waals surface area contributed by atoms with Crippen LogP contribution in [0.4, 0.5) is 0 Å². The SMILES string of the molecule is CCCOc1ccc(C(N)C2CCC2)cc1Br. The Morgan fingerprint density at radius 2 is 2.24 bits per heavy atom. The third kappa shape index (κ3) is 3.02. The molecule has 0 aromatic heterocycles. The van der Waals surface area contributed by atoms with Gasteiger partial charge >= 0.3 is 0 Å². The molecular weight excluding hydrogens is 278 g/mol. The Kier molecular flexibility index (Phi) is 4.46. The van der Waals surface area contributed by atoms with E-state index >= 15 is 0 Å². The van der Waals surface area contributed by atoms with Crippen molar-refractivity contribution in [2.24, 2.45) is 11.7 Å². The van der Waals surface area contributed by atoms with Gasteiger partial charge in [0, 0.05) is 6.04 Å². The highest BCUT2D eigenvalue weighted by Crippen LogP contribution is 2.38. The van der Waals surface area contributed by atoms with E-state index in [4.69, 9.17) is 10.5 Å². The normalized spacial score (nSPS) is 17.6. The van der Waals surface area contributed by atoms with Crippen molar-refractivity contribution < 1.29 is 4.74 Å². The van der Waals surface area contributed by atoms with E-state index in [0.29, 0.717) is 5.92 Å². The van der Waals surface area contributed by atoms with Gasteiger partial charge in [0.05, 0.1) is 11.1 Å². The maximum atomic E-state index is 6.26. The zero-order valence-corrected chi connectivity index (χ0v) is 11.9. The molecule has 0 bridgehead atoms. The summed E-state index contributed by atoms with van der Waals surface area (Å²) in [6.07, 6.45) is 4.90. The Hall–Kier alpha value is -0.540. The van der Waals surface area contributed by atoms with Crippen molar-refractivity contribution in [2.75, 3.05) is 6.61 Å². The molecule has 0 saturated heterocycles. The zero-order valence-electron chi connectivity index (χ0n) is 10.3. The van der Waals surface area contributed by atoms with Gasteiger partial charge in [-0.25, -0.2) is 0 Å². The van der Waals surface area contributed by atoms with Crippen LogP contribution in [-0.4, -0.2) is 6.61 Å². The van der Waals surface area contributed by atoms with Crippen molar-refractivity contribution in [3.63, 3.8) is 0 Å². The van der Waals surface area contributed by atoms with E-state index in [0.717, 1.165) is 23.2 Å². The molecule has 2 nitrogen and oxygen atoms in total. The first kappa shape index (κ1) is 12.9. The summed E-state index contributed by atoms with van der Waals surface area (Å²) in [6, 6.07) is 6.40. The first-order valence-electron chi connectivity index (χ1n) is 6.40. The van der Waals surface area contributed by atoms with E-state index in [1.807, 2.05) is 6.07 Å². The molecule has 0 amide bonds.